The number of nitrogens with zero attached hydrogens (tertiary/aromatic N) is 1. The first kappa shape index (κ1) is 12.7. The maximum absolute atomic E-state index is 4.48. The van der Waals surface area contributed by atoms with Gasteiger partial charge in [-0.3, -0.25) is 4.98 Å². The third-order valence-electron chi connectivity index (χ3n) is 2.72. The second kappa shape index (κ2) is 6.23. The van der Waals surface area contributed by atoms with Crippen molar-refractivity contribution in [2.75, 3.05) is 0 Å². The van der Waals surface area contributed by atoms with Gasteiger partial charge in [0.1, 0.15) is 0 Å². The summed E-state index contributed by atoms with van der Waals surface area (Å²) in [7, 11) is 0. The summed E-state index contributed by atoms with van der Waals surface area (Å²) in [5.41, 5.74) is 1.22. The molecule has 0 aliphatic carbocycles. The lowest BCUT2D eigenvalue weighted by Gasteiger charge is -2.02. The molecule has 0 aliphatic rings. The fraction of sp³-hybridized carbons (Fsp3) is 0.357. The summed E-state index contributed by atoms with van der Waals surface area (Å²) in [6, 6.07) is 10.6. The summed E-state index contributed by atoms with van der Waals surface area (Å²) in [4.78, 5) is 4.48. The van der Waals surface area contributed by atoms with E-state index in [2.05, 4.69) is 42.2 Å². The zero-order valence-corrected chi connectivity index (χ0v) is 9.95. The van der Waals surface area contributed by atoms with Gasteiger partial charge in [-0.2, -0.15) is 0 Å². The van der Waals surface area contributed by atoms with Crippen LogP contribution in [0, 0.1) is 0 Å². The Bertz CT molecular complexity index is 437. The predicted molar refractivity (Wildman–Crippen MR) is 70.0 cm³/mol. The van der Waals surface area contributed by atoms with Crippen molar-refractivity contribution in [3.05, 3.63) is 42.2 Å². The molecule has 16 heavy (non-hydrogen) atoms. The van der Waals surface area contributed by atoms with Gasteiger partial charge in [0.25, 0.3) is 0 Å². The number of benzene rings is 1. The van der Waals surface area contributed by atoms with E-state index < -0.39 is 0 Å². The highest BCUT2D eigenvalue weighted by Crippen LogP contribution is 2.14. The second-order valence-electron chi connectivity index (χ2n) is 3.98. The van der Waals surface area contributed by atoms with Crippen molar-refractivity contribution in [3.63, 3.8) is 0 Å². The van der Waals surface area contributed by atoms with E-state index in [-0.39, 0.29) is 6.15 Å². The molecule has 1 aromatic carbocycles. The van der Waals surface area contributed by atoms with Crippen LogP contribution in [0.15, 0.2) is 36.5 Å². The number of hydrogen-bond donors (Lipinski definition) is 1. The molecule has 0 radical (unpaired) electrons. The van der Waals surface area contributed by atoms with Crippen LogP contribution in [0.1, 0.15) is 31.9 Å². The molecule has 0 atom stereocenters. The van der Waals surface area contributed by atoms with E-state index in [1.54, 1.807) is 0 Å². The lowest BCUT2D eigenvalue weighted by molar-refractivity contribution is 0.708. The Kier molecular flexibility index (Phi) is 4.93. The van der Waals surface area contributed by atoms with Crippen LogP contribution >= 0.6 is 0 Å². The zero-order chi connectivity index (χ0) is 10.5. The number of unbranched alkanes of at least 4 members (excludes halogenated alkanes) is 2. The average Bonchev–Trinajstić information content (AvgIpc) is 2.29. The molecule has 2 rings (SSSR count). The third kappa shape index (κ3) is 3.04. The van der Waals surface area contributed by atoms with E-state index in [4.69, 9.17) is 0 Å². The van der Waals surface area contributed by atoms with E-state index in [1.165, 1.54) is 35.7 Å². The molecule has 0 spiro atoms. The summed E-state index contributed by atoms with van der Waals surface area (Å²) >= 11 is 0. The molecule has 3 N–H and O–H groups in total. The molecule has 0 saturated heterocycles. The molecule has 0 aliphatic heterocycles. The Hall–Kier alpha value is -1.41. The molecule has 0 unspecified atom stereocenters. The molecule has 86 valence electrons. The van der Waals surface area contributed by atoms with Crippen LogP contribution in [0.2, 0.25) is 0 Å². The van der Waals surface area contributed by atoms with Gasteiger partial charge in [-0.25, -0.2) is 0 Å². The Labute approximate surface area is 97.3 Å². The highest BCUT2D eigenvalue weighted by atomic mass is 14.7. The first-order valence-corrected chi connectivity index (χ1v) is 5.74. The standard InChI is InChI=1S/C14H17N.H3N/c1-2-3-4-9-14-10-12-7-5-6-8-13(12)11-15-14;/h5-8,10-11H,2-4,9H2,1H3;1H3. The lowest BCUT2D eigenvalue weighted by atomic mass is 10.1. The van der Waals surface area contributed by atoms with Gasteiger partial charge < -0.3 is 6.15 Å². The van der Waals surface area contributed by atoms with Gasteiger partial charge in [0.05, 0.1) is 0 Å². The minimum absolute atomic E-state index is 0. The summed E-state index contributed by atoms with van der Waals surface area (Å²) in [5.74, 6) is 0. The summed E-state index contributed by atoms with van der Waals surface area (Å²) < 4.78 is 0. The molecule has 2 heteroatoms. The minimum atomic E-state index is 0. The van der Waals surface area contributed by atoms with E-state index in [1.807, 2.05) is 6.20 Å². The van der Waals surface area contributed by atoms with Gasteiger partial charge in [0.2, 0.25) is 0 Å². The molecule has 0 fully saturated rings. The smallest absolute Gasteiger partial charge is 0.0410 e. The first-order chi connectivity index (χ1) is 7.40. The van der Waals surface area contributed by atoms with Crippen LogP contribution in [0.25, 0.3) is 10.8 Å². The average molecular weight is 216 g/mol. The Morgan fingerprint density at radius 2 is 1.81 bits per heavy atom. The minimum Gasteiger partial charge on any atom is -0.344 e. The summed E-state index contributed by atoms with van der Waals surface area (Å²) in [6.45, 7) is 2.23. The topological polar surface area (TPSA) is 47.9 Å². The van der Waals surface area contributed by atoms with Gasteiger partial charge >= 0.3 is 0 Å². The maximum atomic E-state index is 4.48. The first-order valence-electron chi connectivity index (χ1n) is 5.74. The Morgan fingerprint density at radius 1 is 1.06 bits per heavy atom. The van der Waals surface area contributed by atoms with E-state index in [9.17, 15) is 0 Å². The van der Waals surface area contributed by atoms with Crippen molar-refractivity contribution in [2.45, 2.75) is 32.6 Å². The highest BCUT2D eigenvalue weighted by Gasteiger charge is 1.97. The van der Waals surface area contributed by atoms with Gasteiger partial charge in [-0.05, 0) is 24.3 Å². The van der Waals surface area contributed by atoms with Gasteiger partial charge in [-0.15, -0.1) is 0 Å². The number of pyridine rings is 1. The number of aromatic nitrogens is 1. The van der Waals surface area contributed by atoms with Crippen LogP contribution in [0.5, 0.6) is 0 Å². The fourth-order valence-corrected chi connectivity index (χ4v) is 1.82. The Morgan fingerprint density at radius 3 is 2.56 bits per heavy atom. The monoisotopic (exact) mass is 216 g/mol. The van der Waals surface area contributed by atoms with Crippen LogP contribution in [0.3, 0.4) is 0 Å². The molecule has 0 saturated carbocycles. The van der Waals surface area contributed by atoms with Crippen molar-refractivity contribution >= 4 is 10.8 Å². The highest BCUT2D eigenvalue weighted by molar-refractivity contribution is 5.81. The molecule has 2 nitrogen and oxygen atoms in total. The largest absolute Gasteiger partial charge is 0.344 e. The van der Waals surface area contributed by atoms with Crippen molar-refractivity contribution in [2.24, 2.45) is 0 Å². The summed E-state index contributed by atoms with van der Waals surface area (Å²) in [5, 5.41) is 2.54. The predicted octanol–water partition coefficient (Wildman–Crippen LogP) is 4.13. The normalized spacial score (nSPS) is 10.1. The molecule has 1 aromatic heterocycles. The SMILES string of the molecule is CCCCCc1cc2ccccc2cn1.N. The van der Waals surface area contributed by atoms with Gasteiger partial charge in [0, 0.05) is 17.3 Å². The van der Waals surface area contributed by atoms with Crippen LogP contribution in [-0.2, 0) is 6.42 Å². The van der Waals surface area contributed by atoms with E-state index in [0.29, 0.717) is 0 Å². The maximum Gasteiger partial charge on any atom is 0.0410 e. The molecule has 2 aromatic rings. The fourth-order valence-electron chi connectivity index (χ4n) is 1.82. The molecule has 0 bridgehead atoms. The molecular formula is C14H20N2. The van der Waals surface area contributed by atoms with E-state index >= 15 is 0 Å². The van der Waals surface area contributed by atoms with Crippen LogP contribution in [0.4, 0.5) is 0 Å². The van der Waals surface area contributed by atoms with Crippen LogP contribution in [-0.4, -0.2) is 4.98 Å². The van der Waals surface area contributed by atoms with Crippen molar-refractivity contribution in [1.82, 2.24) is 11.1 Å². The van der Waals surface area contributed by atoms with Gasteiger partial charge in [-0.1, -0.05) is 44.0 Å². The number of hydrogen-bond acceptors (Lipinski definition) is 2. The Balaban J connectivity index is 0.00000128. The quantitative estimate of drug-likeness (QED) is 0.781. The van der Waals surface area contributed by atoms with Crippen LogP contribution < -0.4 is 6.15 Å². The molecule has 0 amide bonds. The van der Waals surface area contributed by atoms with Crippen molar-refractivity contribution in [1.29, 1.82) is 0 Å². The lowest BCUT2D eigenvalue weighted by Crippen LogP contribution is -1.89. The number of fused-ring (bicyclic) bond motifs is 1. The second-order valence-corrected chi connectivity index (χ2v) is 3.98. The molecule has 1 heterocycles. The summed E-state index contributed by atoms with van der Waals surface area (Å²) in [6.07, 6.45) is 6.92. The van der Waals surface area contributed by atoms with Crippen molar-refractivity contribution in [3.8, 4) is 0 Å². The third-order valence-corrected chi connectivity index (χ3v) is 2.72. The zero-order valence-electron chi connectivity index (χ0n) is 9.95. The van der Waals surface area contributed by atoms with Crippen molar-refractivity contribution < 1.29 is 0 Å². The van der Waals surface area contributed by atoms with Gasteiger partial charge in [0.15, 0.2) is 0 Å². The number of aryl methyl sites for hydroxylation is 1. The number of rotatable bonds is 4. The molecular weight excluding hydrogens is 196 g/mol. The van der Waals surface area contributed by atoms with E-state index in [0.717, 1.165) is 6.42 Å².